The van der Waals surface area contributed by atoms with Crippen molar-refractivity contribution < 1.29 is 9.53 Å². The quantitative estimate of drug-likeness (QED) is 0.880. The summed E-state index contributed by atoms with van der Waals surface area (Å²) in [6.45, 7) is 1.70. The van der Waals surface area contributed by atoms with E-state index in [2.05, 4.69) is 27.3 Å². The van der Waals surface area contributed by atoms with Crippen LogP contribution in [-0.2, 0) is 11.2 Å². The largest absolute Gasteiger partial charge is 0.481 e. The maximum absolute atomic E-state index is 12.1. The number of carbonyl (C=O) groups is 1. The highest BCUT2D eigenvalue weighted by molar-refractivity contribution is 9.10. The van der Waals surface area contributed by atoms with Crippen molar-refractivity contribution in [3.05, 3.63) is 58.6 Å². The first-order chi connectivity index (χ1) is 10.6. The van der Waals surface area contributed by atoms with Gasteiger partial charge in [-0.2, -0.15) is 5.26 Å². The third-order valence-corrected chi connectivity index (χ3v) is 3.53. The van der Waals surface area contributed by atoms with E-state index >= 15 is 0 Å². The number of rotatable bonds is 5. The van der Waals surface area contributed by atoms with E-state index in [4.69, 9.17) is 10.00 Å². The summed E-state index contributed by atoms with van der Waals surface area (Å²) >= 11 is 3.35. The van der Waals surface area contributed by atoms with Crippen molar-refractivity contribution in [1.82, 2.24) is 0 Å². The lowest BCUT2D eigenvalue weighted by atomic mass is 10.1. The molecule has 0 bridgehead atoms. The molecule has 0 aromatic heterocycles. The molecule has 2 aromatic rings. The summed E-state index contributed by atoms with van der Waals surface area (Å²) in [5.74, 6) is 0.408. The van der Waals surface area contributed by atoms with E-state index in [0.29, 0.717) is 17.9 Å². The molecule has 0 heterocycles. The van der Waals surface area contributed by atoms with Gasteiger partial charge in [-0.3, -0.25) is 4.79 Å². The van der Waals surface area contributed by atoms with Crippen LogP contribution in [0.1, 0.15) is 12.5 Å². The molecule has 0 aliphatic carbocycles. The summed E-state index contributed by atoms with van der Waals surface area (Å²) in [7, 11) is 0. The molecule has 0 radical (unpaired) electrons. The number of amides is 1. The third-order valence-electron chi connectivity index (χ3n) is 3.00. The first-order valence-electron chi connectivity index (χ1n) is 6.77. The Morgan fingerprint density at radius 2 is 1.86 bits per heavy atom. The van der Waals surface area contributed by atoms with Crippen LogP contribution in [0.2, 0.25) is 0 Å². The highest BCUT2D eigenvalue weighted by Gasteiger charge is 2.14. The zero-order valence-electron chi connectivity index (χ0n) is 12.0. The molecule has 1 N–H and O–H groups in total. The maximum Gasteiger partial charge on any atom is 0.265 e. The lowest BCUT2D eigenvalue weighted by Gasteiger charge is -2.15. The van der Waals surface area contributed by atoms with Crippen molar-refractivity contribution in [2.75, 3.05) is 5.32 Å². The van der Waals surface area contributed by atoms with E-state index in [0.717, 1.165) is 10.0 Å². The number of ether oxygens (including phenoxy) is 1. The van der Waals surface area contributed by atoms with Crippen LogP contribution >= 0.6 is 15.9 Å². The number of nitrogens with zero attached hydrogens (tertiary/aromatic N) is 1. The van der Waals surface area contributed by atoms with Crippen LogP contribution in [0.3, 0.4) is 0 Å². The number of halogens is 1. The molecule has 2 rings (SSSR count). The molecule has 112 valence electrons. The lowest BCUT2D eigenvalue weighted by molar-refractivity contribution is -0.122. The molecule has 4 nitrogen and oxygen atoms in total. The monoisotopic (exact) mass is 358 g/mol. The predicted octanol–water partition coefficient (Wildman–Crippen LogP) is 3.92. The van der Waals surface area contributed by atoms with Gasteiger partial charge < -0.3 is 10.1 Å². The van der Waals surface area contributed by atoms with Crippen molar-refractivity contribution in [2.45, 2.75) is 19.4 Å². The first-order valence-corrected chi connectivity index (χ1v) is 7.57. The Morgan fingerprint density at radius 3 is 2.45 bits per heavy atom. The van der Waals surface area contributed by atoms with Gasteiger partial charge in [0.15, 0.2) is 6.10 Å². The van der Waals surface area contributed by atoms with Gasteiger partial charge in [0.2, 0.25) is 0 Å². The van der Waals surface area contributed by atoms with E-state index in [1.54, 1.807) is 31.2 Å². The van der Waals surface area contributed by atoms with E-state index in [1.807, 2.05) is 24.3 Å². The SMILES string of the molecule is C[C@H](Oc1ccc(Br)cc1)C(=O)Nc1ccc(CC#N)cc1. The third kappa shape index (κ3) is 4.61. The summed E-state index contributed by atoms with van der Waals surface area (Å²) < 4.78 is 6.54. The molecule has 0 aliphatic heterocycles. The standard InChI is InChI=1S/C17H15BrN2O2/c1-12(22-16-8-4-14(18)5-9-16)17(21)20-15-6-2-13(3-7-15)10-11-19/h2-9,12H,10H2,1H3,(H,20,21)/t12-/m0/s1. The number of hydrogen-bond acceptors (Lipinski definition) is 3. The fraction of sp³-hybridized carbons (Fsp3) is 0.176. The van der Waals surface area contributed by atoms with Crippen LogP contribution in [0.15, 0.2) is 53.0 Å². The van der Waals surface area contributed by atoms with Gasteiger partial charge in [0.05, 0.1) is 12.5 Å². The zero-order chi connectivity index (χ0) is 15.9. The molecule has 5 heteroatoms. The van der Waals surface area contributed by atoms with Crippen LogP contribution in [0.4, 0.5) is 5.69 Å². The fourth-order valence-electron chi connectivity index (χ4n) is 1.81. The van der Waals surface area contributed by atoms with Gasteiger partial charge in [0, 0.05) is 10.2 Å². The van der Waals surface area contributed by atoms with Crippen molar-refractivity contribution in [1.29, 1.82) is 5.26 Å². The lowest BCUT2D eigenvalue weighted by Crippen LogP contribution is -2.30. The minimum Gasteiger partial charge on any atom is -0.481 e. The van der Waals surface area contributed by atoms with Crippen LogP contribution in [0.5, 0.6) is 5.75 Å². The average Bonchev–Trinajstić information content (AvgIpc) is 2.51. The smallest absolute Gasteiger partial charge is 0.265 e. The average molecular weight is 359 g/mol. The molecule has 2 aromatic carbocycles. The molecule has 0 saturated carbocycles. The fourth-order valence-corrected chi connectivity index (χ4v) is 2.08. The molecule has 0 aliphatic rings. The number of anilines is 1. The second kappa shape index (κ2) is 7.62. The summed E-state index contributed by atoms with van der Waals surface area (Å²) in [5, 5.41) is 11.4. The van der Waals surface area contributed by atoms with Gasteiger partial charge in [-0.25, -0.2) is 0 Å². The number of carbonyl (C=O) groups excluding carboxylic acids is 1. The number of nitrogens with one attached hydrogen (secondary N) is 1. The molecule has 0 spiro atoms. The Hall–Kier alpha value is -2.32. The predicted molar refractivity (Wildman–Crippen MR) is 88.6 cm³/mol. The van der Waals surface area contributed by atoms with E-state index < -0.39 is 6.10 Å². The maximum atomic E-state index is 12.1. The summed E-state index contributed by atoms with van der Waals surface area (Å²) in [6.07, 6.45) is -0.253. The van der Waals surface area contributed by atoms with Gasteiger partial charge in [-0.05, 0) is 48.9 Å². The van der Waals surface area contributed by atoms with Crippen LogP contribution in [0.25, 0.3) is 0 Å². The normalized spacial score (nSPS) is 11.3. The summed E-state index contributed by atoms with van der Waals surface area (Å²) in [5.41, 5.74) is 1.60. The highest BCUT2D eigenvalue weighted by Crippen LogP contribution is 2.18. The topological polar surface area (TPSA) is 62.1 Å². The Labute approximate surface area is 137 Å². The number of hydrogen-bond donors (Lipinski definition) is 1. The highest BCUT2D eigenvalue weighted by atomic mass is 79.9. The van der Waals surface area contributed by atoms with Crippen LogP contribution in [0, 0.1) is 11.3 Å². The van der Waals surface area contributed by atoms with Gasteiger partial charge in [-0.15, -0.1) is 0 Å². The number of benzene rings is 2. The van der Waals surface area contributed by atoms with Crippen molar-refractivity contribution >= 4 is 27.5 Å². The van der Waals surface area contributed by atoms with Crippen molar-refractivity contribution in [3.8, 4) is 11.8 Å². The van der Waals surface area contributed by atoms with E-state index in [1.165, 1.54) is 0 Å². The Morgan fingerprint density at radius 1 is 1.23 bits per heavy atom. The second-order valence-electron chi connectivity index (χ2n) is 4.74. The molecule has 0 unspecified atom stereocenters. The van der Waals surface area contributed by atoms with Crippen molar-refractivity contribution in [2.24, 2.45) is 0 Å². The Kier molecular flexibility index (Phi) is 5.56. The molecule has 0 saturated heterocycles. The first kappa shape index (κ1) is 16.1. The Bertz CT molecular complexity index is 675. The molecule has 1 amide bonds. The summed E-state index contributed by atoms with van der Waals surface area (Å²) in [6, 6.07) is 16.6. The van der Waals surface area contributed by atoms with Gasteiger partial charge >= 0.3 is 0 Å². The molecule has 1 atom stereocenters. The number of nitriles is 1. The zero-order valence-corrected chi connectivity index (χ0v) is 13.6. The van der Waals surface area contributed by atoms with Crippen LogP contribution < -0.4 is 10.1 Å². The van der Waals surface area contributed by atoms with Gasteiger partial charge in [-0.1, -0.05) is 28.1 Å². The minimum atomic E-state index is -0.611. The van der Waals surface area contributed by atoms with Gasteiger partial charge in [0.25, 0.3) is 5.91 Å². The minimum absolute atomic E-state index is 0.226. The van der Waals surface area contributed by atoms with Gasteiger partial charge in [0.1, 0.15) is 5.75 Å². The molecular weight excluding hydrogens is 344 g/mol. The van der Waals surface area contributed by atoms with Crippen LogP contribution in [-0.4, -0.2) is 12.0 Å². The van der Waals surface area contributed by atoms with E-state index in [-0.39, 0.29) is 5.91 Å². The van der Waals surface area contributed by atoms with E-state index in [9.17, 15) is 4.79 Å². The molecule has 22 heavy (non-hydrogen) atoms. The van der Waals surface area contributed by atoms with Crippen molar-refractivity contribution in [3.63, 3.8) is 0 Å². The second-order valence-corrected chi connectivity index (χ2v) is 5.65. The molecule has 0 fully saturated rings. The summed E-state index contributed by atoms with van der Waals surface area (Å²) in [4.78, 5) is 12.1. The Balaban J connectivity index is 1.93. The molecular formula is C17H15BrN2O2.